The van der Waals surface area contributed by atoms with E-state index in [0.29, 0.717) is 11.6 Å². The van der Waals surface area contributed by atoms with E-state index in [-0.39, 0.29) is 11.8 Å². The van der Waals surface area contributed by atoms with Crippen LogP contribution in [-0.2, 0) is 10.0 Å². The highest BCUT2D eigenvalue weighted by molar-refractivity contribution is 7.89. The van der Waals surface area contributed by atoms with Gasteiger partial charge in [-0.1, -0.05) is 18.2 Å². The van der Waals surface area contributed by atoms with Crippen molar-refractivity contribution in [3.63, 3.8) is 0 Å². The Kier molecular flexibility index (Phi) is 3.40. The Morgan fingerprint density at radius 3 is 2.65 bits per heavy atom. The van der Waals surface area contributed by atoms with Crippen molar-refractivity contribution in [3.8, 4) is 0 Å². The van der Waals surface area contributed by atoms with E-state index in [1.807, 2.05) is 25.1 Å². The molecule has 0 heterocycles. The van der Waals surface area contributed by atoms with E-state index in [1.165, 1.54) is 0 Å². The van der Waals surface area contributed by atoms with Crippen LogP contribution in [0.2, 0.25) is 0 Å². The molecule has 1 fully saturated rings. The Morgan fingerprint density at radius 2 is 2.06 bits per heavy atom. The fourth-order valence-electron chi connectivity index (χ4n) is 1.88. The zero-order chi connectivity index (χ0) is 12.5. The number of anilines is 1. The number of nitrogens with two attached hydrogens (primary N) is 1. The lowest BCUT2D eigenvalue weighted by Crippen LogP contribution is -2.30. The number of rotatable bonds is 5. The molecular formula is C12H18N2O2S. The van der Waals surface area contributed by atoms with E-state index >= 15 is 0 Å². The normalized spacial score (nSPS) is 17.9. The highest BCUT2D eigenvalue weighted by atomic mass is 32.2. The third kappa shape index (κ3) is 3.44. The molecule has 4 nitrogen and oxygen atoms in total. The van der Waals surface area contributed by atoms with Gasteiger partial charge in [0.2, 0.25) is 10.0 Å². The summed E-state index contributed by atoms with van der Waals surface area (Å²) in [6.45, 7) is 1.82. The van der Waals surface area contributed by atoms with Crippen molar-refractivity contribution < 1.29 is 8.42 Å². The molecule has 1 aromatic rings. The molecule has 0 amide bonds. The van der Waals surface area contributed by atoms with Crippen LogP contribution in [0.4, 0.5) is 5.69 Å². The molecule has 3 N–H and O–H groups in total. The van der Waals surface area contributed by atoms with Crippen molar-refractivity contribution in [1.29, 1.82) is 0 Å². The maximum absolute atomic E-state index is 11.8. The second-order valence-electron chi connectivity index (χ2n) is 4.69. The first-order chi connectivity index (χ1) is 7.98. The van der Waals surface area contributed by atoms with Crippen LogP contribution in [0.3, 0.4) is 0 Å². The fourth-order valence-corrected chi connectivity index (χ4v) is 3.60. The van der Waals surface area contributed by atoms with Crippen LogP contribution in [0.25, 0.3) is 0 Å². The van der Waals surface area contributed by atoms with Gasteiger partial charge in [-0.05, 0) is 37.3 Å². The smallest absolute Gasteiger partial charge is 0.212 e. The third-order valence-corrected chi connectivity index (χ3v) is 4.59. The lowest BCUT2D eigenvalue weighted by molar-refractivity contribution is 0.563. The molecule has 2 rings (SSSR count). The summed E-state index contributed by atoms with van der Waals surface area (Å²) in [5.41, 5.74) is 7.26. The van der Waals surface area contributed by atoms with Gasteiger partial charge in [-0.3, -0.25) is 0 Å². The first kappa shape index (κ1) is 12.4. The van der Waals surface area contributed by atoms with E-state index in [2.05, 4.69) is 4.72 Å². The Balaban J connectivity index is 2.05. The van der Waals surface area contributed by atoms with Crippen LogP contribution < -0.4 is 10.5 Å². The average molecular weight is 254 g/mol. The SMILES string of the molecule is CC(NS(=O)(=O)CC1CC1)c1ccccc1N. The molecule has 1 aromatic carbocycles. The largest absolute Gasteiger partial charge is 0.398 e. The fraction of sp³-hybridized carbons (Fsp3) is 0.500. The van der Waals surface area contributed by atoms with Crippen LogP contribution >= 0.6 is 0 Å². The summed E-state index contributed by atoms with van der Waals surface area (Å²) in [7, 11) is -3.19. The Bertz CT molecular complexity index is 495. The van der Waals surface area contributed by atoms with Crippen molar-refractivity contribution >= 4 is 15.7 Å². The highest BCUT2D eigenvalue weighted by Gasteiger charge is 2.29. The van der Waals surface area contributed by atoms with Gasteiger partial charge in [0, 0.05) is 11.7 Å². The Hall–Kier alpha value is -1.07. The highest BCUT2D eigenvalue weighted by Crippen LogP contribution is 2.30. The molecule has 1 aliphatic carbocycles. The summed E-state index contributed by atoms with van der Waals surface area (Å²) < 4.78 is 26.3. The maximum Gasteiger partial charge on any atom is 0.212 e. The monoisotopic (exact) mass is 254 g/mol. The van der Waals surface area contributed by atoms with E-state index < -0.39 is 10.0 Å². The number of sulfonamides is 1. The summed E-state index contributed by atoms with van der Waals surface area (Å²) in [4.78, 5) is 0. The van der Waals surface area contributed by atoms with Crippen LogP contribution in [0.15, 0.2) is 24.3 Å². The average Bonchev–Trinajstić information content (AvgIpc) is 3.00. The van der Waals surface area contributed by atoms with E-state index in [1.54, 1.807) is 6.07 Å². The quantitative estimate of drug-likeness (QED) is 0.785. The van der Waals surface area contributed by atoms with Crippen molar-refractivity contribution in [2.75, 3.05) is 11.5 Å². The number of nitrogen functional groups attached to an aromatic ring is 1. The summed E-state index contributed by atoms with van der Waals surface area (Å²) in [5.74, 6) is 0.595. The Labute approximate surface area is 102 Å². The van der Waals surface area contributed by atoms with Gasteiger partial charge in [0.1, 0.15) is 0 Å². The molecule has 0 bridgehead atoms. The van der Waals surface area contributed by atoms with Gasteiger partial charge in [0.15, 0.2) is 0 Å². The van der Waals surface area contributed by atoms with Crippen LogP contribution in [-0.4, -0.2) is 14.2 Å². The summed E-state index contributed by atoms with van der Waals surface area (Å²) >= 11 is 0. The lowest BCUT2D eigenvalue weighted by atomic mass is 10.1. The second kappa shape index (κ2) is 4.66. The van der Waals surface area contributed by atoms with Crippen molar-refractivity contribution in [1.82, 2.24) is 4.72 Å². The molecule has 17 heavy (non-hydrogen) atoms. The van der Waals surface area contributed by atoms with Gasteiger partial charge in [-0.25, -0.2) is 13.1 Å². The number of nitrogens with one attached hydrogen (secondary N) is 1. The molecule has 0 aliphatic heterocycles. The third-order valence-electron chi connectivity index (χ3n) is 2.97. The van der Waals surface area contributed by atoms with Gasteiger partial charge in [-0.2, -0.15) is 0 Å². The van der Waals surface area contributed by atoms with Gasteiger partial charge in [0.05, 0.1) is 5.75 Å². The zero-order valence-electron chi connectivity index (χ0n) is 9.89. The molecular weight excluding hydrogens is 236 g/mol. The van der Waals surface area contributed by atoms with Crippen molar-refractivity contribution in [3.05, 3.63) is 29.8 Å². The minimum atomic E-state index is -3.19. The molecule has 1 saturated carbocycles. The van der Waals surface area contributed by atoms with E-state index in [4.69, 9.17) is 5.73 Å². The minimum absolute atomic E-state index is 0.240. The van der Waals surface area contributed by atoms with Gasteiger partial charge in [-0.15, -0.1) is 0 Å². The summed E-state index contributed by atoms with van der Waals surface area (Å²) in [5, 5.41) is 0. The standard InChI is InChI=1S/C12H18N2O2S/c1-9(11-4-2-3-5-12(11)13)14-17(15,16)8-10-6-7-10/h2-5,9-10,14H,6-8,13H2,1H3. The van der Waals surface area contributed by atoms with Crippen LogP contribution in [0.5, 0.6) is 0 Å². The Morgan fingerprint density at radius 1 is 1.41 bits per heavy atom. The number of benzene rings is 1. The maximum atomic E-state index is 11.8. The second-order valence-corrected chi connectivity index (χ2v) is 6.49. The van der Waals surface area contributed by atoms with Gasteiger partial charge >= 0.3 is 0 Å². The topological polar surface area (TPSA) is 72.2 Å². The minimum Gasteiger partial charge on any atom is -0.398 e. The number of hydrogen-bond donors (Lipinski definition) is 2. The molecule has 5 heteroatoms. The summed E-state index contributed by atoms with van der Waals surface area (Å²) in [6, 6.07) is 7.04. The first-order valence-corrected chi connectivity index (χ1v) is 7.47. The molecule has 1 aliphatic rings. The van der Waals surface area contributed by atoms with Crippen LogP contribution in [0, 0.1) is 5.92 Å². The lowest BCUT2D eigenvalue weighted by Gasteiger charge is -2.16. The van der Waals surface area contributed by atoms with E-state index in [9.17, 15) is 8.42 Å². The molecule has 1 atom stereocenters. The molecule has 0 spiro atoms. The van der Waals surface area contributed by atoms with Crippen LogP contribution in [0.1, 0.15) is 31.4 Å². The summed E-state index contributed by atoms with van der Waals surface area (Å²) in [6.07, 6.45) is 2.06. The van der Waals surface area contributed by atoms with Crippen molar-refractivity contribution in [2.45, 2.75) is 25.8 Å². The number of hydrogen-bond acceptors (Lipinski definition) is 3. The molecule has 94 valence electrons. The van der Waals surface area contributed by atoms with Gasteiger partial charge < -0.3 is 5.73 Å². The zero-order valence-corrected chi connectivity index (χ0v) is 10.7. The molecule has 1 unspecified atom stereocenters. The predicted molar refractivity (Wildman–Crippen MR) is 68.9 cm³/mol. The first-order valence-electron chi connectivity index (χ1n) is 5.82. The number of para-hydroxylation sites is 1. The molecule has 0 saturated heterocycles. The van der Waals surface area contributed by atoms with Gasteiger partial charge in [0.25, 0.3) is 0 Å². The van der Waals surface area contributed by atoms with Crippen molar-refractivity contribution in [2.24, 2.45) is 5.92 Å². The molecule has 0 aromatic heterocycles. The predicted octanol–water partition coefficient (Wildman–Crippen LogP) is 1.66. The van der Waals surface area contributed by atoms with E-state index in [0.717, 1.165) is 18.4 Å². The molecule has 0 radical (unpaired) electrons.